The molecule has 0 amide bonds. The maximum absolute atomic E-state index is 10.9. The molecule has 0 saturated heterocycles. The molecule has 0 saturated carbocycles. The Bertz CT molecular complexity index is 808. The molecule has 2 heteroatoms. The molecule has 3 rings (SSSR count). The van der Waals surface area contributed by atoms with E-state index in [9.17, 15) is 5.11 Å². The fourth-order valence-electron chi connectivity index (χ4n) is 2.75. The summed E-state index contributed by atoms with van der Waals surface area (Å²) < 4.78 is 0.935. The van der Waals surface area contributed by atoms with Gasteiger partial charge in [0.25, 0.3) is 0 Å². The van der Waals surface area contributed by atoms with Gasteiger partial charge in [0.1, 0.15) is 6.10 Å². The molecular formula is C19H17BrO. The molecule has 0 aliphatic heterocycles. The summed E-state index contributed by atoms with van der Waals surface area (Å²) in [5, 5.41) is 13.2. The molecule has 3 aromatic rings. The summed E-state index contributed by atoms with van der Waals surface area (Å²) >= 11 is 3.55. The molecule has 0 aliphatic rings. The minimum Gasteiger partial charge on any atom is -0.384 e. The average molecular weight is 341 g/mol. The number of fused-ring (bicyclic) bond motifs is 1. The van der Waals surface area contributed by atoms with Crippen LogP contribution in [0.3, 0.4) is 0 Å². The summed E-state index contributed by atoms with van der Waals surface area (Å²) in [5.74, 6) is 0. The maximum atomic E-state index is 10.9. The third-order valence-electron chi connectivity index (χ3n) is 3.92. The Labute approximate surface area is 133 Å². The largest absolute Gasteiger partial charge is 0.384 e. The Morgan fingerprint density at radius 2 is 1.57 bits per heavy atom. The van der Waals surface area contributed by atoms with Gasteiger partial charge in [-0.25, -0.2) is 0 Å². The van der Waals surface area contributed by atoms with Crippen molar-refractivity contribution in [3.05, 3.63) is 81.3 Å². The highest BCUT2D eigenvalue weighted by Gasteiger charge is 2.16. The van der Waals surface area contributed by atoms with Gasteiger partial charge >= 0.3 is 0 Å². The zero-order valence-corrected chi connectivity index (χ0v) is 13.7. The molecule has 1 atom stereocenters. The SMILES string of the molecule is Cc1ccc(Br)c(C(O)c2ccc(C)c3ccccc23)c1. The van der Waals surface area contributed by atoms with Crippen molar-refractivity contribution in [2.24, 2.45) is 0 Å². The average Bonchev–Trinajstić information content (AvgIpc) is 2.50. The van der Waals surface area contributed by atoms with Gasteiger partial charge < -0.3 is 5.11 Å². The molecule has 1 N–H and O–H groups in total. The lowest BCUT2D eigenvalue weighted by Gasteiger charge is -2.17. The molecular weight excluding hydrogens is 324 g/mol. The summed E-state index contributed by atoms with van der Waals surface area (Å²) in [6, 6.07) is 18.4. The summed E-state index contributed by atoms with van der Waals surface area (Å²) in [6.07, 6.45) is -0.634. The molecule has 106 valence electrons. The number of halogens is 1. The standard InChI is InChI=1S/C19H17BrO/c1-12-7-10-18(20)17(11-12)19(21)16-9-8-13(2)14-5-3-4-6-15(14)16/h3-11,19,21H,1-2H3. The Morgan fingerprint density at radius 1 is 0.857 bits per heavy atom. The first-order valence-electron chi connectivity index (χ1n) is 7.00. The van der Waals surface area contributed by atoms with Crippen molar-refractivity contribution >= 4 is 26.7 Å². The van der Waals surface area contributed by atoms with E-state index in [-0.39, 0.29) is 0 Å². The van der Waals surface area contributed by atoms with Crippen LogP contribution in [0, 0.1) is 13.8 Å². The van der Waals surface area contributed by atoms with Crippen LogP contribution < -0.4 is 0 Å². The summed E-state index contributed by atoms with van der Waals surface area (Å²) in [4.78, 5) is 0. The molecule has 0 heterocycles. The lowest BCUT2D eigenvalue weighted by molar-refractivity contribution is 0.221. The summed E-state index contributed by atoms with van der Waals surface area (Å²) in [5.41, 5.74) is 4.22. The van der Waals surface area contributed by atoms with Gasteiger partial charge in [0, 0.05) is 4.47 Å². The number of aliphatic hydroxyl groups excluding tert-OH is 1. The summed E-state index contributed by atoms with van der Waals surface area (Å²) in [6.45, 7) is 4.14. The number of aliphatic hydroxyl groups is 1. The van der Waals surface area contributed by atoms with Gasteiger partial charge in [0.15, 0.2) is 0 Å². The van der Waals surface area contributed by atoms with Crippen molar-refractivity contribution in [1.82, 2.24) is 0 Å². The fourth-order valence-corrected chi connectivity index (χ4v) is 3.22. The van der Waals surface area contributed by atoms with Crippen LogP contribution in [0.1, 0.15) is 28.4 Å². The molecule has 1 nitrogen and oxygen atoms in total. The van der Waals surface area contributed by atoms with Crippen LogP contribution in [-0.4, -0.2) is 5.11 Å². The predicted molar refractivity (Wildman–Crippen MR) is 91.6 cm³/mol. The number of hydrogen-bond donors (Lipinski definition) is 1. The van der Waals surface area contributed by atoms with Crippen molar-refractivity contribution in [1.29, 1.82) is 0 Å². The van der Waals surface area contributed by atoms with Gasteiger partial charge in [0.05, 0.1) is 0 Å². The van der Waals surface area contributed by atoms with Gasteiger partial charge in [-0.3, -0.25) is 0 Å². The van der Waals surface area contributed by atoms with Gasteiger partial charge in [-0.2, -0.15) is 0 Å². The fraction of sp³-hybridized carbons (Fsp3) is 0.158. The quantitative estimate of drug-likeness (QED) is 0.670. The Hall–Kier alpha value is -1.64. The lowest BCUT2D eigenvalue weighted by Crippen LogP contribution is -2.02. The normalized spacial score (nSPS) is 12.6. The highest BCUT2D eigenvalue weighted by molar-refractivity contribution is 9.10. The molecule has 3 aromatic carbocycles. The van der Waals surface area contributed by atoms with E-state index in [4.69, 9.17) is 0 Å². The second-order valence-electron chi connectivity index (χ2n) is 5.44. The van der Waals surface area contributed by atoms with Crippen LogP contribution >= 0.6 is 15.9 Å². The van der Waals surface area contributed by atoms with Crippen molar-refractivity contribution in [2.45, 2.75) is 20.0 Å². The highest BCUT2D eigenvalue weighted by Crippen LogP contribution is 2.34. The molecule has 1 unspecified atom stereocenters. The second kappa shape index (κ2) is 5.63. The van der Waals surface area contributed by atoms with E-state index >= 15 is 0 Å². The predicted octanol–water partition coefficient (Wildman–Crippen LogP) is 5.30. The first kappa shape index (κ1) is 14.3. The van der Waals surface area contributed by atoms with Crippen molar-refractivity contribution in [2.75, 3.05) is 0 Å². The molecule has 0 spiro atoms. The minimum atomic E-state index is -0.634. The lowest BCUT2D eigenvalue weighted by atomic mass is 9.93. The number of hydrogen-bond acceptors (Lipinski definition) is 1. The van der Waals surface area contributed by atoms with Crippen LogP contribution in [0.15, 0.2) is 59.1 Å². The molecule has 0 aliphatic carbocycles. The van der Waals surface area contributed by atoms with Crippen LogP contribution in [-0.2, 0) is 0 Å². The van der Waals surface area contributed by atoms with E-state index in [2.05, 4.69) is 41.1 Å². The van der Waals surface area contributed by atoms with Gasteiger partial charge in [0.2, 0.25) is 0 Å². The molecule has 0 fully saturated rings. The van der Waals surface area contributed by atoms with E-state index in [1.807, 2.05) is 43.3 Å². The number of aryl methyl sites for hydroxylation is 2. The summed E-state index contributed by atoms with van der Waals surface area (Å²) in [7, 11) is 0. The zero-order chi connectivity index (χ0) is 15.0. The smallest absolute Gasteiger partial charge is 0.106 e. The maximum Gasteiger partial charge on any atom is 0.106 e. The van der Waals surface area contributed by atoms with Gasteiger partial charge in [-0.1, -0.05) is 70.0 Å². The van der Waals surface area contributed by atoms with Crippen LogP contribution in [0.5, 0.6) is 0 Å². The van der Waals surface area contributed by atoms with E-state index in [1.165, 1.54) is 10.9 Å². The second-order valence-corrected chi connectivity index (χ2v) is 6.30. The van der Waals surface area contributed by atoms with Crippen molar-refractivity contribution in [3.8, 4) is 0 Å². The van der Waals surface area contributed by atoms with E-state index in [0.717, 1.165) is 26.5 Å². The topological polar surface area (TPSA) is 20.2 Å². The molecule has 0 aromatic heterocycles. The van der Waals surface area contributed by atoms with E-state index in [0.29, 0.717) is 0 Å². The van der Waals surface area contributed by atoms with Crippen LogP contribution in [0.4, 0.5) is 0 Å². The minimum absolute atomic E-state index is 0.634. The van der Waals surface area contributed by atoms with E-state index < -0.39 is 6.10 Å². The number of benzene rings is 3. The first-order valence-corrected chi connectivity index (χ1v) is 7.79. The van der Waals surface area contributed by atoms with Crippen LogP contribution in [0.2, 0.25) is 0 Å². The van der Waals surface area contributed by atoms with E-state index in [1.54, 1.807) is 0 Å². The first-order chi connectivity index (χ1) is 10.1. The number of rotatable bonds is 2. The Balaban J connectivity index is 2.20. The third kappa shape index (κ3) is 2.61. The zero-order valence-electron chi connectivity index (χ0n) is 12.1. The van der Waals surface area contributed by atoms with Gasteiger partial charge in [-0.15, -0.1) is 0 Å². The molecule has 0 bridgehead atoms. The monoisotopic (exact) mass is 340 g/mol. The Morgan fingerprint density at radius 3 is 2.33 bits per heavy atom. The van der Waals surface area contributed by atoms with Crippen molar-refractivity contribution in [3.63, 3.8) is 0 Å². The van der Waals surface area contributed by atoms with Crippen molar-refractivity contribution < 1.29 is 5.11 Å². The van der Waals surface area contributed by atoms with Gasteiger partial charge in [-0.05, 0) is 47.4 Å². The molecule has 21 heavy (non-hydrogen) atoms. The Kier molecular flexibility index (Phi) is 3.83. The van der Waals surface area contributed by atoms with Crippen LogP contribution in [0.25, 0.3) is 10.8 Å². The third-order valence-corrected chi connectivity index (χ3v) is 4.64. The molecule has 0 radical (unpaired) electrons. The highest BCUT2D eigenvalue weighted by atomic mass is 79.9.